The minimum Gasteiger partial charge on any atom is -0.497 e. The van der Waals surface area contributed by atoms with E-state index < -0.39 is 5.60 Å². The number of amides is 1. The van der Waals surface area contributed by atoms with Gasteiger partial charge in [-0.3, -0.25) is 4.79 Å². The lowest BCUT2D eigenvalue weighted by Gasteiger charge is -2.36. The molecule has 0 aliphatic carbocycles. The molecule has 6 heteroatoms. The lowest BCUT2D eigenvalue weighted by molar-refractivity contribution is -0.122. The van der Waals surface area contributed by atoms with Crippen molar-refractivity contribution in [2.45, 2.75) is 37.3 Å². The summed E-state index contributed by atoms with van der Waals surface area (Å²) in [6.45, 7) is 2.10. The number of unbranched alkanes of at least 4 members (excludes halogenated alkanes) is 1. The fourth-order valence-corrected chi connectivity index (χ4v) is 4.77. The van der Waals surface area contributed by atoms with Crippen LogP contribution < -0.4 is 20.1 Å². The van der Waals surface area contributed by atoms with Crippen molar-refractivity contribution in [3.05, 3.63) is 95.6 Å². The van der Waals surface area contributed by atoms with Gasteiger partial charge in [0.2, 0.25) is 5.91 Å². The quantitative estimate of drug-likeness (QED) is 0.287. The van der Waals surface area contributed by atoms with Gasteiger partial charge in [-0.1, -0.05) is 54.6 Å². The minimum absolute atomic E-state index is 0.0443. The van der Waals surface area contributed by atoms with Crippen LogP contribution in [0, 0.1) is 0 Å². The molecule has 0 saturated carbocycles. The number of methoxy groups -OCH3 is 2. The summed E-state index contributed by atoms with van der Waals surface area (Å²) in [7, 11) is 3.34. The zero-order valence-electron chi connectivity index (χ0n) is 21.2. The van der Waals surface area contributed by atoms with Gasteiger partial charge in [-0.2, -0.15) is 0 Å². The largest absolute Gasteiger partial charge is 0.497 e. The van der Waals surface area contributed by atoms with Crippen LogP contribution in [0.1, 0.15) is 42.4 Å². The van der Waals surface area contributed by atoms with E-state index in [9.17, 15) is 4.79 Å². The van der Waals surface area contributed by atoms with E-state index in [-0.39, 0.29) is 11.9 Å². The molecule has 190 valence electrons. The summed E-state index contributed by atoms with van der Waals surface area (Å²) < 4.78 is 17.7. The Morgan fingerprint density at radius 1 is 0.861 bits per heavy atom. The summed E-state index contributed by atoms with van der Waals surface area (Å²) in [4.78, 5) is 12.3. The molecule has 3 aromatic carbocycles. The highest BCUT2D eigenvalue weighted by Crippen LogP contribution is 2.41. The van der Waals surface area contributed by atoms with Gasteiger partial charge in [-0.25, -0.2) is 0 Å². The van der Waals surface area contributed by atoms with Crippen LogP contribution in [0.15, 0.2) is 78.9 Å². The van der Waals surface area contributed by atoms with Crippen LogP contribution in [0.25, 0.3) is 0 Å². The number of nitrogens with one attached hydrogen (secondary N) is 2. The zero-order valence-corrected chi connectivity index (χ0v) is 21.2. The maximum atomic E-state index is 12.3. The topological polar surface area (TPSA) is 68.8 Å². The van der Waals surface area contributed by atoms with E-state index in [1.54, 1.807) is 14.2 Å². The number of ether oxygens (including phenoxy) is 3. The summed E-state index contributed by atoms with van der Waals surface area (Å²) >= 11 is 0. The molecule has 1 aliphatic rings. The first-order valence-corrected chi connectivity index (χ1v) is 12.7. The molecule has 6 nitrogen and oxygen atoms in total. The highest BCUT2D eigenvalue weighted by Gasteiger charge is 2.37. The molecule has 1 atom stereocenters. The van der Waals surface area contributed by atoms with Gasteiger partial charge in [0.15, 0.2) is 0 Å². The molecule has 0 unspecified atom stereocenters. The molecule has 1 aliphatic heterocycles. The maximum Gasteiger partial charge on any atom is 0.237 e. The normalized spacial score (nSPS) is 15.4. The van der Waals surface area contributed by atoms with Gasteiger partial charge in [0.25, 0.3) is 0 Å². The molecule has 36 heavy (non-hydrogen) atoms. The Kier molecular flexibility index (Phi) is 8.98. The molecule has 4 rings (SSSR count). The smallest absolute Gasteiger partial charge is 0.237 e. The van der Waals surface area contributed by atoms with Crippen LogP contribution in [0.2, 0.25) is 0 Å². The SMILES string of the molecule is COc1ccc(C(OCCCCNC(=O)[C@H]2CCCN2)(c2ccccc2)c2ccc(OC)cc2)cc1. The van der Waals surface area contributed by atoms with Crippen molar-refractivity contribution in [1.29, 1.82) is 0 Å². The van der Waals surface area contributed by atoms with Gasteiger partial charge in [-0.05, 0) is 73.2 Å². The summed E-state index contributed by atoms with van der Waals surface area (Å²) in [5, 5.41) is 6.30. The predicted molar refractivity (Wildman–Crippen MR) is 142 cm³/mol. The highest BCUT2D eigenvalue weighted by molar-refractivity contribution is 5.81. The van der Waals surface area contributed by atoms with Gasteiger partial charge in [0, 0.05) is 13.2 Å². The number of benzene rings is 3. The van der Waals surface area contributed by atoms with E-state index in [0.29, 0.717) is 13.2 Å². The average Bonchev–Trinajstić information content (AvgIpc) is 3.49. The van der Waals surface area contributed by atoms with Crippen molar-refractivity contribution in [3.63, 3.8) is 0 Å². The maximum absolute atomic E-state index is 12.3. The summed E-state index contributed by atoms with van der Waals surface area (Å²) in [5.74, 6) is 1.69. The molecule has 2 N–H and O–H groups in total. The third-order valence-corrected chi connectivity index (χ3v) is 6.74. The number of carbonyl (C=O) groups is 1. The molecule has 0 radical (unpaired) electrons. The van der Waals surface area contributed by atoms with Gasteiger partial charge in [0.05, 0.1) is 20.3 Å². The van der Waals surface area contributed by atoms with Crippen LogP contribution in [-0.2, 0) is 15.1 Å². The second-order valence-electron chi connectivity index (χ2n) is 9.00. The highest BCUT2D eigenvalue weighted by atomic mass is 16.5. The Labute approximate surface area is 214 Å². The van der Waals surface area contributed by atoms with Crippen LogP contribution in [0.3, 0.4) is 0 Å². The molecule has 3 aromatic rings. The van der Waals surface area contributed by atoms with Gasteiger partial charge in [-0.15, -0.1) is 0 Å². The number of hydrogen-bond acceptors (Lipinski definition) is 5. The number of carbonyl (C=O) groups excluding carboxylic acids is 1. The third-order valence-electron chi connectivity index (χ3n) is 6.74. The van der Waals surface area contributed by atoms with E-state index >= 15 is 0 Å². The van der Waals surface area contributed by atoms with E-state index in [0.717, 1.165) is 60.4 Å². The summed E-state index contributed by atoms with van der Waals surface area (Å²) in [6, 6.07) is 26.3. The van der Waals surface area contributed by atoms with Crippen molar-refractivity contribution in [2.75, 3.05) is 33.9 Å². The Bertz CT molecular complexity index is 1030. The molecule has 1 amide bonds. The fraction of sp³-hybridized carbons (Fsp3) is 0.367. The Hall–Kier alpha value is -3.35. The lowest BCUT2D eigenvalue weighted by atomic mass is 9.80. The second kappa shape index (κ2) is 12.6. The molecule has 0 bridgehead atoms. The van der Waals surface area contributed by atoms with Gasteiger partial charge < -0.3 is 24.8 Å². The van der Waals surface area contributed by atoms with E-state index in [1.165, 1.54) is 0 Å². The molecule has 1 fully saturated rings. The molecule has 0 spiro atoms. The average molecular weight is 489 g/mol. The fourth-order valence-electron chi connectivity index (χ4n) is 4.77. The standard InChI is InChI=1S/C30H36N2O4/c1-34-26-16-12-24(13-17-26)30(23-9-4-3-5-10-23,25-14-18-27(35-2)19-15-25)36-22-7-6-20-32-29(33)28-11-8-21-31-28/h3-5,9-10,12-19,28,31H,6-8,11,20-22H2,1-2H3,(H,32,33)/t28-/m1/s1. The minimum atomic E-state index is -0.809. The Morgan fingerprint density at radius 3 is 1.97 bits per heavy atom. The Balaban J connectivity index is 1.55. The van der Waals surface area contributed by atoms with Crippen LogP contribution in [-0.4, -0.2) is 45.9 Å². The first kappa shape index (κ1) is 25.7. The van der Waals surface area contributed by atoms with Crippen LogP contribution >= 0.6 is 0 Å². The zero-order chi connectivity index (χ0) is 25.2. The van der Waals surface area contributed by atoms with Crippen molar-refractivity contribution >= 4 is 5.91 Å². The van der Waals surface area contributed by atoms with Crippen LogP contribution in [0.5, 0.6) is 11.5 Å². The van der Waals surface area contributed by atoms with E-state index in [4.69, 9.17) is 14.2 Å². The van der Waals surface area contributed by atoms with Crippen molar-refractivity contribution in [1.82, 2.24) is 10.6 Å². The molecule has 1 heterocycles. The van der Waals surface area contributed by atoms with E-state index in [1.807, 2.05) is 42.5 Å². The number of hydrogen-bond donors (Lipinski definition) is 2. The molecule has 1 saturated heterocycles. The van der Waals surface area contributed by atoms with Crippen LogP contribution in [0.4, 0.5) is 0 Å². The van der Waals surface area contributed by atoms with Crippen molar-refractivity contribution in [2.24, 2.45) is 0 Å². The van der Waals surface area contributed by atoms with Gasteiger partial charge in [0.1, 0.15) is 17.1 Å². The lowest BCUT2D eigenvalue weighted by Crippen LogP contribution is -2.40. The first-order valence-electron chi connectivity index (χ1n) is 12.7. The molecular weight excluding hydrogens is 452 g/mol. The second-order valence-corrected chi connectivity index (χ2v) is 9.00. The molecular formula is C30H36N2O4. The summed E-state index contributed by atoms with van der Waals surface area (Å²) in [5.41, 5.74) is 2.26. The molecule has 0 aromatic heterocycles. The van der Waals surface area contributed by atoms with Crippen molar-refractivity contribution < 1.29 is 19.0 Å². The Morgan fingerprint density at radius 2 is 1.44 bits per heavy atom. The van der Waals surface area contributed by atoms with Crippen molar-refractivity contribution in [3.8, 4) is 11.5 Å². The van der Waals surface area contributed by atoms with Gasteiger partial charge >= 0.3 is 0 Å². The van der Waals surface area contributed by atoms with E-state index in [2.05, 4.69) is 47.0 Å². The first-order chi connectivity index (χ1) is 17.7. The predicted octanol–water partition coefficient (Wildman–Crippen LogP) is 4.66. The number of rotatable bonds is 12. The summed E-state index contributed by atoms with van der Waals surface area (Å²) in [6.07, 6.45) is 3.64. The monoisotopic (exact) mass is 488 g/mol. The third kappa shape index (κ3) is 5.89.